The summed E-state index contributed by atoms with van der Waals surface area (Å²) < 4.78 is 0. The van der Waals surface area contributed by atoms with Crippen LogP contribution in [0.5, 0.6) is 0 Å². The summed E-state index contributed by atoms with van der Waals surface area (Å²) in [6, 6.07) is 8.76. The summed E-state index contributed by atoms with van der Waals surface area (Å²) in [4.78, 5) is 18.8. The van der Waals surface area contributed by atoms with Crippen molar-refractivity contribution >= 4 is 40.6 Å². The molecular formula is C18H19Cl2N3O. The first kappa shape index (κ1) is 17.1. The predicted octanol–water partition coefficient (Wildman–Crippen LogP) is 5.15. The van der Waals surface area contributed by atoms with E-state index in [4.69, 9.17) is 23.2 Å². The van der Waals surface area contributed by atoms with Crippen LogP contribution in [0.3, 0.4) is 0 Å². The minimum absolute atomic E-state index is 0.0525. The summed E-state index contributed by atoms with van der Waals surface area (Å²) in [6.45, 7) is 1.66. The van der Waals surface area contributed by atoms with E-state index in [2.05, 4.69) is 10.3 Å². The number of nitrogens with zero attached hydrogens (tertiary/aromatic N) is 2. The van der Waals surface area contributed by atoms with Crippen LogP contribution in [0.2, 0.25) is 10.0 Å². The zero-order chi connectivity index (χ0) is 16.9. The van der Waals surface area contributed by atoms with Crippen molar-refractivity contribution in [3.8, 4) is 0 Å². The van der Waals surface area contributed by atoms with Crippen molar-refractivity contribution in [2.75, 3.05) is 18.4 Å². The van der Waals surface area contributed by atoms with Crippen molar-refractivity contribution in [3.05, 3.63) is 52.1 Å². The van der Waals surface area contributed by atoms with Crippen molar-refractivity contribution in [3.63, 3.8) is 0 Å². The van der Waals surface area contributed by atoms with Gasteiger partial charge in [-0.15, -0.1) is 0 Å². The molecule has 6 heteroatoms. The quantitative estimate of drug-likeness (QED) is 0.819. The van der Waals surface area contributed by atoms with Crippen LogP contribution < -0.4 is 5.32 Å². The molecule has 1 saturated heterocycles. The van der Waals surface area contributed by atoms with Gasteiger partial charge in [-0.3, -0.25) is 4.79 Å². The van der Waals surface area contributed by atoms with E-state index in [1.807, 2.05) is 4.90 Å². The highest BCUT2D eigenvalue weighted by Gasteiger charge is 2.17. The van der Waals surface area contributed by atoms with Crippen molar-refractivity contribution in [1.29, 1.82) is 0 Å². The number of carbonyl (C=O) groups is 1. The number of pyridine rings is 1. The number of rotatable bonds is 3. The summed E-state index contributed by atoms with van der Waals surface area (Å²) in [5.74, 6) is 0.670. The van der Waals surface area contributed by atoms with E-state index in [0.717, 1.165) is 25.9 Å². The monoisotopic (exact) mass is 363 g/mol. The molecule has 4 nitrogen and oxygen atoms in total. The standard InChI is InChI=1S/C18H19Cl2N3O/c19-14-6-7-15(20)16(11-14)22-17-8-5-13(12-21-17)18(24)23-9-3-1-2-4-10-23/h5-8,11-12H,1-4,9-10H2,(H,21,22). The highest BCUT2D eigenvalue weighted by atomic mass is 35.5. The summed E-state index contributed by atoms with van der Waals surface area (Å²) in [5, 5.41) is 4.27. The molecular weight excluding hydrogens is 345 g/mol. The Bertz CT molecular complexity index is 711. The minimum atomic E-state index is 0.0525. The Hall–Kier alpha value is -1.78. The lowest BCUT2D eigenvalue weighted by atomic mass is 10.2. The van der Waals surface area contributed by atoms with Gasteiger partial charge in [0.1, 0.15) is 5.82 Å². The Balaban J connectivity index is 1.70. The molecule has 2 aromatic rings. The van der Waals surface area contributed by atoms with Gasteiger partial charge in [0.25, 0.3) is 5.91 Å². The van der Waals surface area contributed by atoms with E-state index >= 15 is 0 Å². The number of carbonyl (C=O) groups excluding carboxylic acids is 1. The van der Waals surface area contributed by atoms with Crippen molar-refractivity contribution in [2.24, 2.45) is 0 Å². The van der Waals surface area contributed by atoms with Gasteiger partial charge in [0.05, 0.1) is 16.3 Å². The Morgan fingerprint density at radius 3 is 2.46 bits per heavy atom. The largest absolute Gasteiger partial charge is 0.339 e. The lowest BCUT2D eigenvalue weighted by Crippen LogP contribution is -2.31. The van der Waals surface area contributed by atoms with Crippen LogP contribution >= 0.6 is 23.2 Å². The number of amides is 1. The van der Waals surface area contributed by atoms with Gasteiger partial charge in [-0.05, 0) is 43.2 Å². The van der Waals surface area contributed by atoms with Crippen LogP contribution in [0.1, 0.15) is 36.0 Å². The highest BCUT2D eigenvalue weighted by molar-refractivity contribution is 6.35. The fraction of sp³-hybridized carbons (Fsp3) is 0.333. The fourth-order valence-corrected chi connectivity index (χ4v) is 3.12. The van der Waals surface area contributed by atoms with Crippen molar-refractivity contribution in [1.82, 2.24) is 9.88 Å². The van der Waals surface area contributed by atoms with Gasteiger partial charge in [0.2, 0.25) is 0 Å². The Morgan fingerprint density at radius 1 is 1.04 bits per heavy atom. The molecule has 0 bridgehead atoms. The van der Waals surface area contributed by atoms with E-state index in [1.165, 1.54) is 12.8 Å². The van der Waals surface area contributed by atoms with Crippen molar-refractivity contribution < 1.29 is 4.79 Å². The van der Waals surface area contributed by atoms with E-state index < -0.39 is 0 Å². The van der Waals surface area contributed by atoms with Gasteiger partial charge in [0.15, 0.2) is 0 Å². The third-order valence-electron chi connectivity index (χ3n) is 4.09. The van der Waals surface area contributed by atoms with Gasteiger partial charge in [-0.2, -0.15) is 0 Å². The molecule has 0 unspecified atom stereocenters. The molecule has 1 aromatic carbocycles. The Morgan fingerprint density at radius 2 is 1.79 bits per heavy atom. The fourth-order valence-electron chi connectivity index (χ4n) is 2.78. The van der Waals surface area contributed by atoms with Crippen LogP contribution in [0, 0.1) is 0 Å². The molecule has 2 heterocycles. The van der Waals surface area contributed by atoms with Gasteiger partial charge in [-0.1, -0.05) is 36.0 Å². The first-order chi connectivity index (χ1) is 11.6. The summed E-state index contributed by atoms with van der Waals surface area (Å²) in [6.07, 6.45) is 6.16. The Labute approximate surface area is 151 Å². The van der Waals surface area contributed by atoms with E-state index in [1.54, 1.807) is 36.5 Å². The number of benzene rings is 1. The first-order valence-electron chi connectivity index (χ1n) is 8.11. The van der Waals surface area contributed by atoms with Crippen LogP contribution in [-0.4, -0.2) is 28.9 Å². The summed E-state index contributed by atoms with van der Waals surface area (Å²) in [5.41, 5.74) is 1.29. The maximum absolute atomic E-state index is 12.5. The molecule has 0 radical (unpaired) electrons. The number of aromatic nitrogens is 1. The summed E-state index contributed by atoms with van der Waals surface area (Å²) >= 11 is 12.1. The highest BCUT2D eigenvalue weighted by Crippen LogP contribution is 2.27. The normalized spacial score (nSPS) is 15.0. The lowest BCUT2D eigenvalue weighted by Gasteiger charge is -2.20. The van der Waals surface area contributed by atoms with Gasteiger partial charge in [0, 0.05) is 24.3 Å². The van der Waals surface area contributed by atoms with Gasteiger partial charge in [-0.25, -0.2) is 4.98 Å². The third-order valence-corrected chi connectivity index (χ3v) is 4.66. The van der Waals surface area contributed by atoms with Crippen molar-refractivity contribution in [2.45, 2.75) is 25.7 Å². The second kappa shape index (κ2) is 7.86. The SMILES string of the molecule is O=C(c1ccc(Nc2cc(Cl)ccc2Cl)nc1)N1CCCCCC1. The maximum Gasteiger partial charge on any atom is 0.255 e. The lowest BCUT2D eigenvalue weighted by molar-refractivity contribution is 0.0761. The molecule has 0 saturated carbocycles. The second-order valence-corrected chi connectivity index (χ2v) is 6.73. The van der Waals surface area contributed by atoms with Crippen LogP contribution in [0.15, 0.2) is 36.5 Å². The van der Waals surface area contributed by atoms with Crippen LogP contribution in [-0.2, 0) is 0 Å². The zero-order valence-electron chi connectivity index (χ0n) is 13.3. The molecule has 1 N–H and O–H groups in total. The number of hydrogen-bond donors (Lipinski definition) is 1. The predicted molar refractivity (Wildman–Crippen MR) is 98.4 cm³/mol. The van der Waals surface area contributed by atoms with Crippen LogP contribution in [0.25, 0.3) is 0 Å². The molecule has 24 heavy (non-hydrogen) atoms. The molecule has 1 fully saturated rings. The summed E-state index contributed by atoms with van der Waals surface area (Å²) in [7, 11) is 0. The molecule has 0 spiro atoms. The minimum Gasteiger partial charge on any atom is -0.339 e. The molecule has 1 aliphatic heterocycles. The number of anilines is 2. The van der Waals surface area contributed by atoms with Gasteiger partial charge >= 0.3 is 0 Å². The second-order valence-electron chi connectivity index (χ2n) is 5.89. The third kappa shape index (κ3) is 4.19. The number of hydrogen-bond acceptors (Lipinski definition) is 3. The molecule has 3 rings (SSSR count). The molecule has 1 aliphatic rings. The average Bonchev–Trinajstić information content (AvgIpc) is 2.87. The van der Waals surface area contributed by atoms with E-state index in [9.17, 15) is 4.79 Å². The molecule has 1 amide bonds. The Kier molecular flexibility index (Phi) is 5.59. The smallest absolute Gasteiger partial charge is 0.255 e. The van der Waals surface area contributed by atoms with E-state index in [0.29, 0.717) is 27.1 Å². The zero-order valence-corrected chi connectivity index (χ0v) is 14.8. The molecule has 126 valence electrons. The number of halogens is 2. The molecule has 0 atom stereocenters. The maximum atomic E-state index is 12.5. The molecule has 1 aromatic heterocycles. The van der Waals surface area contributed by atoms with Crippen LogP contribution in [0.4, 0.5) is 11.5 Å². The topological polar surface area (TPSA) is 45.2 Å². The number of nitrogens with one attached hydrogen (secondary N) is 1. The molecule has 0 aliphatic carbocycles. The van der Waals surface area contributed by atoms with Gasteiger partial charge < -0.3 is 10.2 Å². The number of likely N-dealkylation sites (tertiary alicyclic amines) is 1. The first-order valence-corrected chi connectivity index (χ1v) is 8.86. The average molecular weight is 364 g/mol. The van der Waals surface area contributed by atoms with E-state index in [-0.39, 0.29) is 5.91 Å².